The molecular formula is C6H29Na3O19. The van der Waals surface area contributed by atoms with E-state index in [9.17, 15) is 29.7 Å². The van der Waals surface area contributed by atoms with Gasteiger partial charge in [-0.1, -0.05) is 0 Å². The molecule has 0 aromatic rings. The number of aliphatic carboxylic acids is 3. The van der Waals surface area contributed by atoms with E-state index in [1.54, 1.807) is 0 Å². The Hall–Kier alpha value is 0.890. The molecule has 0 aliphatic rings. The Morgan fingerprint density at radius 1 is 0.536 bits per heavy atom. The van der Waals surface area contributed by atoms with E-state index < -0.39 is 36.4 Å². The smallest absolute Gasteiger partial charge is 0.550 e. The molecule has 0 amide bonds. The Morgan fingerprint density at radius 2 is 0.679 bits per heavy atom. The molecule has 0 unspecified atom stereocenters. The van der Waals surface area contributed by atoms with Crippen LogP contribution in [0.4, 0.5) is 0 Å². The minimum absolute atomic E-state index is 0. The molecule has 0 spiro atoms. The molecule has 28 heavy (non-hydrogen) atoms. The van der Waals surface area contributed by atoms with E-state index in [0.717, 1.165) is 0 Å². The van der Waals surface area contributed by atoms with Crippen molar-refractivity contribution in [1.82, 2.24) is 0 Å². The first-order chi connectivity index (χ1) is 5.78. The second-order valence-electron chi connectivity index (χ2n) is 2.42. The van der Waals surface area contributed by atoms with Crippen molar-refractivity contribution in [1.29, 1.82) is 0 Å². The minimum Gasteiger partial charge on any atom is -0.550 e. The van der Waals surface area contributed by atoms with E-state index in [0.29, 0.717) is 0 Å². The number of carbonyl (C=O) groups excluding carboxylic acids is 3. The SMILES string of the molecule is O.O.O.O.O.O.O.O.O.O.O.O.O=C([O-])CC(O)(CC(=O)[O-])C(=O)[O-].[Na+].[Na+].[Na+]. The van der Waals surface area contributed by atoms with Gasteiger partial charge in [-0.2, -0.15) is 0 Å². The van der Waals surface area contributed by atoms with Gasteiger partial charge in [0.15, 0.2) is 0 Å². The first-order valence-corrected chi connectivity index (χ1v) is 3.11. The zero-order valence-electron chi connectivity index (χ0n) is 15.3. The van der Waals surface area contributed by atoms with Crippen LogP contribution in [0.5, 0.6) is 0 Å². The summed E-state index contributed by atoms with van der Waals surface area (Å²) in [5, 5.41) is 38.9. The van der Waals surface area contributed by atoms with Crippen molar-refractivity contribution in [2.75, 3.05) is 0 Å². The van der Waals surface area contributed by atoms with Crippen molar-refractivity contribution in [2.45, 2.75) is 18.4 Å². The number of rotatable bonds is 5. The third kappa shape index (κ3) is 63.2. The quantitative estimate of drug-likeness (QED) is 0.374. The maximum absolute atomic E-state index is 10.1. The summed E-state index contributed by atoms with van der Waals surface area (Å²) in [5.41, 5.74) is -2.97. The van der Waals surface area contributed by atoms with Crippen molar-refractivity contribution in [3.05, 3.63) is 0 Å². The zero-order chi connectivity index (χ0) is 10.6. The number of hydrogen-bond donors (Lipinski definition) is 1. The number of carboxylic acid groups (broad SMARTS) is 3. The Labute approximate surface area is 223 Å². The maximum Gasteiger partial charge on any atom is 1.00 e. The molecule has 0 aliphatic heterocycles. The molecule has 0 rings (SSSR count). The molecule has 0 fully saturated rings. The van der Waals surface area contributed by atoms with Crippen LogP contribution in [0, 0.1) is 0 Å². The van der Waals surface area contributed by atoms with E-state index in [-0.39, 0.29) is 154 Å². The number of carboxylic acids is 3. The van der Waals surface area contributed by atoms with Crippen LogP contribution in [0.1, 0.15) is 12.8 Å². The summed E-state index contributed by atoms with van der Waals surface area (Å²) >= 11 is 0. The summed E-state index contributed by atoms with van der Waals surface area (Å²) in [5.74, 6) is -5.98. The van der Waals surface area contributed by atoms with Crippen LogP contribution >= 0.6 is 0 Å². The van der Waals surface area contributed by atoms with E-state index >= 15 is 0 Å². The van der Waals surface area contributed by atoms with Crippen LogP contribution in [0.25, 0.3) is 0 Å². The fourth-order valence-corrected chi connectivity index (χ4v) is 0.684. The van der Waals surface area contributed by atoms with Gasteiger partial charge < -0.3 is 101 Å². The van der Waals surface area contributed by atoms with Crippen LogP contribution in [0.2, 0.25) is 0 Å². The van der Waals surface area contributed by atoms with E-state index in [1.807, 2.05) is 0 Å². The van der Waals surface area contributed by atoms with Gasteiger partial charge in [0.1, 0.15) is 5.60 Å². The van der Waals surface area contributed by atoms with Gasteiger partial charge in [-0.25, -0.2) is 0 Å². The summed E-state index contributed by atoms with van der Waals surface area (Å²) in [6.07, 6.45) is -2.72. The molecule has 19 nitrogen and oxygen atoms in total. The summed E-state index contributed by atoms with van der Waals surface area (Å²) in [6, 6.07) is 0. The molecule has 0 aliphatic carbocycles. The van der Waals surface area contributed by atoms with Crippen molar-refractivity contribution in [3.63, 3.8) is 0 Å². The predicted molar refractivity (Wildman–Crippen MR) is 72.6 cm³/mol. The van der Waals surface area contributed by atoms with Gasteiger partial charge >= 0.3 is 88.7 Å². The van der Waals surface area contributed by atoms with Gasteiger partial charge in [-0.05, 0) is 0 Å². The van der Waals surface area contributed by atoms with Gasteiger partial charge in [-0.15, -0.1) is 0 Å². The minimum atomic E-state index is -2.97. The van der Waals surface area contributed by atoms with Crippen molar-refractivity contribution >= 4 is 17.9 Å². The van der Waals surface area contributed by atoms with Crippen LogP contribution in [0.15, 0.2) is 0 Å². The maximum atomic E-state index is 10.1. The molecule has 0 aromatic heterocycles. The van der Waals surface area contributed by atoms with Gasteiger partial charge in [-0.3, -0.25) is 0 Å². The molecule has 0 atom stereocenters. The molecule has 0 heterocycles. The van der Waals surface area contributed by atoms with Gasteiger partial charge in [0.2, 0.25) is 0 Å². The van der Waals surface area contributed by atoms with Gasteiger partial charge in [0.05, 0.1) is 5.97 Å². The molecule has 0 saturated carbocycles. The van der Waals surface area contributed by atoms with Crippen molar-refractivity contribution < 1.29 is 189 Å². The molecule has 25 N–H and O–H groups in total. The normalized spacial score (nSPS) is 5.04. The van der Waals surface area contributed by atoms with Gasteiger partial charge in [0.25, 0.3) is 0 Å². The standard InChI is InChI=1S/C6H8O7.3Na.12H2O/c7-3(8)1-6(13,5(11)12)2-4(9)10;;;;;;;;;;;;;;;/h13H,1-2H2,(H,7,8)(H,9,10)(H,11,12);;;;12*1H2/q;3*+1;;;;;;;;;;;;/p-3. The fraction of sp³-hybridized carbons (Fsp3) is 0.500. The van der Waals surface area contributed by atoms with Crippen molar-refractivity contribution in [2.24, 2.45) is 0 Å². The first kappa shape index (κ1) is 135. The van der Waals surface area contributed by atoms with Crippen LogP contribution in [-0.2, 0) is 14.4 Å². The number of carbonyl (C=O) groups is 3. The molecule has 0 radical (unpaired) electrons. The Balaban J connectivity index is -0.00000000686. The average molecular weight is 474 g/mol. The van der Waals surface area contributed by atoms with Gasteiger partial charge in [0, 0.05) is 24.8 Å². The number of hydrogen-bond acceptors (Lipinski definition) is 7. The largest absolute Gasteiger partial charge is 1.00 e. The molecule has 22 heteroatoms. The van der Waals surface area contributed by atoms with E-state index in [4.69, 9.17) is 5.11 Å². The monoisotopic (exact) mass is 474 g/mol. The summed E-state index contributed by atoms with van der Waals surface area (Å²) in [4.78, 5) is 30.0. The van der Waals surface area contributed by atoms with Crippen molar-refractivity contribution in [3.8, 4) is 0 Å². The Bertz CT molecular complexity index is 248. The topological polar surface area (TPSA) is 519 Å². The van der Waals surface area contributed by atoms with Crippen LogP contribution in [0.3, 0.4) is 0 Å². The zero-order valence-corrected chi connectivity index (χ0v) is 21.3. The Kier molecular flexibility index (Phi) is 304. The van der Waals surface area contributed by atoms with E-state index in [1.165, 1.54) is 0 Å². The summed E-state index contributed by atoms with van der Waals surface area (Å²) in [6.45, 7) is 0. The second kappa shape index (κ2) is 63.0. The summed E-state index contributed by atoms with van der Waals surface area (Å²) in [7, 11) is 0. The molecule has 0 aromatic carbocycles. The number of aliphatic hydroxyl groups is 1. The molecular weight excluding hydrogens is 445 g/mol. The predicted octanol–water partition coefficient (Wildman–Crippen LogP) is -24.1. The first-order valence-electron chi connectivity index (χ1n) is 3.11. The Morgan fingerprint density at radius 3 is 0.750 bits per heavy atom. The molecule has 0 bridgehead atoms. The van der Waals surface area contributed by atoms with Crippen LogP contribution in [-0.4, -0.2) is 94.3 Å². The molecule has 0 saturated heterocycles. The average Bonchev–Trinajstić information content (AvgIpc) is 1.82. The third-order valence-corrected chi connectivity index (χ3v) is 1.25. The molecule has 170 valence electrons. The van der Waals surface area contributed by atoms with E-state index in [2.05, 4.69) is 0 Å². The van der Waals surface area contributed by atoms with Crippen LogP contribution < -0.4 is 104 Å². The second-order valence-corrected chi connectivity index (χ2v) is 2.42. The fourth-order valence-electron chi connectivity index (χ4n) is 0.684. The third-order valence-electron chi connectivity index (χ3n) is 1.25. The summed E-state index contributed by atoms with van der Waals surface area (Å²) < 4.78 is 0.